The first kappa shape index (κ1) is 45.9. The maximum absolute atomic E-state index is 13.3. The Hall–Kier alpha value is -6.14. The van der Waals surface area contributed by atoms with Gasteiger partial charge in [-0.1, -0.05) is 65.8 Å². The van der Waals surface area contributed by atoms with Gasteiger partial charge in [0, 0.05) is 15.1 Å². The van der Waals surface area contributed by atoms with Gasteiger partial charge in [-0.05, 0) is 40.2 Å². The number of hydrogen-bond donors (Lipinski definition) is 5. The highest BCUT2D eigenvalue weighted by Gasteiger charge is 2.65. The Bertz CT molecular complexity index is 2560. The van der Waals surface area contributed by atoms with E-state index in [1.165, 1.54) is 33.3 Å². The van der Waals surface area contributed by atoms with Crippen LogP contribution in [0, 0.1) is 6.92 Å². The predicted molar refractivity (Wildman–Crippen MR) is 229 cm³/mol. The van der Waals surface area contributed by atoms with Gasteiger partial charge in [-0.3, -0.25) is 19.2 Å². The SMILES string of the molecule is CC1(C)S[C@@H]2[C@H](NC(=O)C(NC(=O)N3CCN(S(C)(=O)=O)C3=O)c3ccccc3)C(=O)N2[C@H]1C(=O)O.Cc1onc(-c2ccccc2)c1C(=O)N[C@@H]1C(=O)N2[C@@H]1SC(C)(C)[C@@H]2C(=O)O. The summed E-state index contributed by atoms with van der Waals surface area (Å²) in [5.74, 6) is -3.97. The van der Waals surface area contributed by atoms with E-state index in [2.05, 4.69) is 21.1 Å². The van der Waals surface area contributed by atoms with Gasteiger partial charge in [-0.25, -0.2) is 36.8 Å². The fraction of sp³-hybridized carbons (Fsp3) is 0.425. The molecule has 5 saturated heterocycles. The number of nitrogens with one attached hydrogen (secondary N) is 3. The smallest absolute Gasteiger partial charge is 0.341 e. The van der Waals surface area contributed by atoms with Crippen molar-refractivity contribution in [1.82, 2.24) is 40.1 Å². The van der Waals surface area contributed by atoms with E-state index in [4.69, 9.17) is 4.52 Å². The fourth-order valence-corrected chi connectivity index (χ4v) is 12.4. The summed E-state index contributed by atoms with van der Waals surface area (Å²) in [6.07, 6.45) is 0.850. The van der Waals surface area contributed by atoms with Crippen molar-refractivity contribution >= 4 is 81.2 Å². The van der Waals surface area contributed by atoms with Gasteiger partial charge in [-0.15, -0.1) is 23.5 Å². The fourth-order valence-electron chi connectivity index (χ4n) is 8.33. The lowest BCUT2D eigenvalue weighted by Crippen LogP contribution is -2.71. The summed E-state index contributed by atoms with van der Waals surface area (Å²) in [6, 6.07) is 10.2. The molecule has 3 aromatic rings. The Morgan fingerprint density at radius 1 is 0.797 bits per heavy atom. The zero-order valence-electron chi connectivity index (χ0n) is 35.1. The Balaban J connectivity index is 0.000000197. The molecule has 5 fully saturated rings. The molecule has 2 aromatic carbocycles. The van der Waals surface area contributed by atoms with Crippen molar-refractivity contribution in [1.29, 1.82) is 0 Å². The molecular weight excluding hydrogens is 897 g/mol. The van der Waals surface area contributed by atoms with Gasteiger partial charge in [0.25, 0.3) is 5.91 Å². The van der Waals surface area contributed by atoms with Crippen LogP contribution in [0.5, 0.6) is 0 Å². The topological polar surface area (TPSA) is 286 Å². The van der Waals surface area contributed by atoms with E-state index >= 15 is 0 Å². The first-order valence-electron chi connectivity index (χ1n) is 19.7. The van der Waals surface area contributed by atoms with E-state index in [-0.39, 0.29) is 24.6 Å². The molecule has 7 atom stereocenters. The molecule has 24 heteroatoms. The van der Waals surface area contributed by atoms with Crippen LogP contribution in [0.15, 0.2) is 65.2 Å². The molecule has 0 bridgehead atoms. The van der Waals surface area contributed by atoms with E-state index < -0.39 is 102 Å². The van der Waals surface area contributed by atoms with Gasteiger partial charge in [0.15, 0.2) is 0 Å². The number of fused-ring (bicyclic) bond motifs is 2. The number of amides is 8. The molecule has 21 nitrogen and oxygen atoms in total. The first-order chi connectivity index (χ1) is 30.0. The lowest BCUT2D eigenvalue weighted by atomic mass is 9.95. The van der Waals surface area contributed by atoms with Gasteiger partial charge in [-0.2, -0.15) is 0 Å². The molecule has 5 aliphatic heterocycles. The highest BCUT2D eigenvalue weighted by Crippen LogP contribution is 2.52. The summed E-state index contributed by atoms with van der Waals surface area (Å²) in [6.45, 7) is 8.23. The summed E-state index contributed by atoms with van der Waals surface area (Å²) in [7, 11) is -3.87. The number of urea groups is 2. The Labute approximate surface area is 374 Å². The third-order valence-electron chi connectivity index (χ3n) is 11.4. The van der Waals surface area contributed by atoms with Crippen molar-refractivity contribution in [2.75, 3.05) is 19.3 Å². The molecule has 0 aliphatic carbocycles. The Morgan fingerprint density at radius 3 is 1.78 bits per heavy atom. The monoisotopic (exact) mass is 940 g/mol. The number of carbonyl (C=O) groups is 8. The maximum atomic E-state index is 13.3. The van der Waals surface area contributed by atoms with Gasteiger partial charge < -0.3 is 40.5 Å². The Morgan fingerprint density at radius 2 is 1.30 bits per heavy atom. The number of aliphatic carboxylic acids is 2. The van der Waals surface area contributed by atoms with Crippen LogP contribution in [0.25, 0.3) is 11.3 Å². The lowest BCUT2D eigenvalue weighted by molar-refractivity contribution is -0.161. The number of carboxylic acid groups (broad SMARTS) is 2. The summed E-state index contributed by atoms with van der Waals surface area (Å²) in [5, 5.41) is 29.9. The molecule has 1 unspecified atom stereocenters. The van der Waals surface area contributed by atoms with Crippen LogP contribution in [0.3, 0.4) is 0 Å². The van der Waals surface area contributed by atoms with Crippen LogP contribution in [0.2, 0.25) is 0 Å². The van der Waals surface area contributed by atoms with Crippen molar-refractivity contribution in [2.45, 2.75) is 85.1 Å². The minimum absolute atomic E-state index is 0.193. The summed E-state index contributed by atoms with van der Waals surface area (Å²) in [5.41, 5.74) is 1.77. The molecule has 5 N–H and O–H groups in total. The third-order valence-corrected chi connectivity index (χ3v) is 15.6. The molecule has 6 heterocycles. The molecule has 8 rings (SSSR count). The van der Waals surface area contributed by atoms with E-state index in [9.17, 15) is 57.0 Å². The standard InChI is InChI=1S/C21H25N5O8S2.C19H19N3O5S/c1-21(2)14(18(29)30)26-16(28)13(17(26)35-21)22-15(27)12(11-7-5-4-6-8-11)23-19(31)24-9-10-25(20(24)32)36(3,33)34;1-9-11(12(21-27-9)10-7-5-4-6-8-10)15(23)20-13-16(24)22-14(18(25)26)19(2,3)28-17(13)22/h4-8,12-14,17H,9-10H2,1-3H3,(H,22,27)(H,23,31)(H,29,30);4-8,13-14,17H,1-3H3,(H,20,23)(H,25,26)/t12?,13-,14+,17-;13-,14+,17-/m11/s1. The van der Waals surface area contributed by atoms with Crippen molar-refractivity contribution in [3.05, 3.63) is 77.6 Å². The minimum Gasteiger partial charge on any atom is -0.480 e. The molecule has 8 amide bonds. The van der Waals surface area contributed by atoms with Crippen LogP contribution < -0.4 is 16.0 Å². The van der Waals surface area contributed by atoms with Crippen molar-refractivity contribution in [3.8, 4) is 11.3 Å². The van der Waals surface area contributed by atoms with E-state index in [0.29, 0.717) is 26.2 Å². The number of aromatic nitrogens is 1. The van der Waals surface area contributed by atoms with Gasteiger partial charge in [0.2, 0.25) is 27.7 Å². The molecule has 64 heavy (non-hydrogen) atoms. The van der Waals surface area contributed by atoms with E-state index in [1.54, 1.807) is 65.0 Å². The molecular formula is C40H44N8O13S3. The molecule has 340 valence electrons. The number of aryl methyl sites for hydroxylation is 1. The van der Waals surface area contributed by atoms with Crippen LogP contribution in [0.1, 0.15) is 55.4 Å². The number of rotatable bonds is 10. The van der Waals surface area contributed by atoms with Crippen molar-refractivity contribution < 1.29 is 61.5 Å². The largest absolute Gasteiger partial charge is 0.480 e. The average molecular weight is 941 g/mol. The molecule has 0 saturated carbocycles. The molecule has 0 radical (unpaired) electrons. The zero-order chi connectivity index (χ0) is 46.8. The highest BCUT2D eigenvalue weighted by atomic mass is 32.2. The second kappa shape index (κ2) is 16.8. The number of hydrogen-bond acceptors (Lipinski definition) is 14. The summed E-state index contributed by atoms with van der Waals surface area (Å²) >= 11 is 2.64. The lowest BCUT2D eigenvalue weighted by Gasteiger charge is -2.44. The normalized spacial score (nSPS) is 25.5. The number of carboxylic acids is 2. The van der Waals surface area contributed by atoms with Gasteiger partial charge >= 0.3 is 24.0 Å². The number of carbonyl (C=O) groups excluding carboxylic acids is 6. The number of β-lactam (4-membered cyclic amide) rings is 2. The number of imide groups is 1. The van der Waals surface area contributed by atoms with Crippen LogP contribution in [-0.4, -0.2) is 154 Å². The number of benzene rings is 2. The zero-order valence-corrected chi connectivity index (χ0v) is 37.5. The summed E-state index contributed by atoms with van der Waals surface area (Å²) < 4.78 is 27.9. The quantitative estimate of drug-likeness (QED) is 0.181. The second-order valence-corrected chi connectivity index (χ2v) is 22.0. The molecule has 1 aromatic heterocycles. The maximum Gasteiger partial charge on any atom is 0.341 e. The first-order valence-corrected chi connectivity index (χ1v) is 23.3. The van der Waals surface area contributed by atoms with Gasteiger partial charge in [0.1, 0.15) is 58.0 Å². The third kappa shape index (κ3) is 8.12. The summed E-state index contributed by atoms with van der Waals surface area (Å²) in [4.78, 5) is 103. The minimum atomic E-state index is -3.87. The van der Waals surface area contributed by atoms with Crippen LogP contribution >= 0.6 is 23.5 Å². The van der Waals surface area contributed by atoms with Crippen molar-refractivity contribution in [2.24, 2.45) is 0 Å². The van der Waals surface area contributed by atoms with Gasteiger partial charge in [0.05, 0.1) is 19.3 Å². The highest BCUT2D eigenvalue weighted by molar-refractivity contribution is 8.02. The average Bonchev–Trinajstić information content (AvgIpc) is 3.96. The van der Waals surface area contributed by atoms with E-state index in [1.807, 2.05) is 30.3 Å². The number of nitrogens with zero attached hydrogens (tertiary/aromatic N) is 5. The molecule has 0 spiro atoms. The van der Waals surface area contributed by atoms with Crippen LogP contribution in [0.4, 0.5) is 9.59 Å². The van der Waals surface area contributed by atoms with E-state index in [0.717, 1.165) is 11.8 Å². The molecule has 5 aliphatic rings. The number of sulfonamides is 1. The predicted octanol–water partition coefficient (Wildman–Crippen LogP) is 1.66. The Kier molecular flexibility index (Phi) is 12.0. The van der Waals surface area contributed by atoms with Crippen LogP contribution in [-0.2, 0) is 34.0 Å². The number of thioether (sulfide) groups is 2. The van der Waals surface area contributed by atoms with Crippen molar-refractivity contribution in [3.63, 3.8) is 0 Å². The second-order valence-electron chi connectivity index (χ2n) is 16.5.